The molecule has 0 aliphatic carbocycles. The van der Waals surface area contributed by atoms with E-state index in [1.165, 1.54) is 128 Å². The summed E-state index contributed by atoms with van der Waals surface area (Å²) in [6, 6.07) is 0. The number of rotatable bonds is 25. The Hall–Kier alpha value is -0.570. The first-order chi connectivity index (χ1) is 14.7. The number of aliphatic hydroxyl groups is 1. The number of unbranched alkanes of at least 4 members (excludes halogenated alkanes) is 20. The summed E-state index contributed by atoms with van der Waals surface area (Å²) in [6.45, 7) is 2.29. The second kappa shape index (κ2) is 24.7. The molecule has 0 fully saturated rings. The van der Waals surface area contributed by atoms with Crippen LogP contribution in [0.3, 0.4) is 0 Å². The van der Waals surface area contributed by atoms with Gasteiger partial charge in [-0.15, -0.1) is 0 Å². The first-order valence-electron chi connectivity index (χ1n) is 13.6. The average molecular weight is 427 g/mol. The lowest BCUT2D eigenvalue weighted by atomic mass is 10.0. The molecule has 0 bridgehead atoms. The van der Waals surface area contributed by atoms with Crippen molar-refractivity contribution in [1.29, 1.82) is 0 Å². The molecule has 180 valence electrons. The molecule has 0 spiro atoms. The predicted octanol–water partition coefficient (Wildman–Crippen LogP) is 8.81. The van der Waals surface area contributed by atoms with Gasteiger partial charge < -0.3 is 10.2 Å². The van der Waals surface area contributed by atoms with Gasteiger partial charge in [-0.1, -0.05) is 142 Å². The Morgan fingerprint density at radius 3 is 1.13 bits per heavy atom. The van der Waals surface area contributed by atoms with Gasteiger partial charge in [-0.25, -0.2) is 0 Å². The Morgan fingerprint density at radius 2 is 0.833 bits per heavy atom. The Bertz CT molecular complexity index is 343. The van der Waals surface area contributed by atoms with E-state index in [-0.39, 0.29) is 6.42 Å². The highest BCUT2D eigenvalue weighted by Gasteiger charge is 2.06. The van der Waals surface area contributed by atoms with Crippen molar-refractivity contribution < 1.29 is 15.0 Å². The van der Waals surface area contributed by atoms with Crippen LogP contribution in [0.25, 0.3) is 0 Å². The van der Waals surface area contributed by atoms with Gasteiger partial charge in [-0.2, -0.15) is 0 Å². The number of aliphatic carboxylic acids is 1. The van der Waals surface area contributed by atoms with Gasteiger partial charge >= 0.3 is 5.97 Å². The summed E-state index contributed by atoms with van der Waals surface area (Å²) in [4.78, 5) is 10.5. The maximum Gasteiger partial charge on any atom is 0.303 e. The van der Waals surface area contributed by atoms with Crippen LogP contribution >= 0.6 is 0 Å². The molecular weight excluding hydrogens is 372 g/mol. The lowest BCUT2D eigenvalue weighted by Gasteiger charge is -2.08. The van der Waals surface area contributed by atoms with Crippen molar-refractivity contribution in [3.63, 3.8) is 0 Å². The molecule has 1 atom stereocenters. The largest absolute Gasteiger partial charge is 0.481 e. The van der Waals surface area contributed by atoms with E-state index in [1.807, 2.05) is 0 Å². The molecule has 3 heteroatoms. The molecule has 0 aliphatic rings. The molecule has 0 aromatic rings. The van der Waals surface area contributed by atoms with Crippen molar-refractivity contribution in [2.24, 2.45) is 0 Å². The first-order valence-corrected chi connectivity index (χ1v) is 13.6. The first kappa shape index (κ1) is 29.4. The van der Waals surface area contributed by atoms with E-state index in [1.54, 1.807) is 0 Å². The van der Waals surface area contributed by atoms with E-state index < -0.39 is 12.1 Å². The number of carboxylic acids is 1. The summed E-state index contributed by atoms with van der Waals surface area (Å²) in [6.07, 6.45) is 29.8. The molecular formula is C27H54O3. The molecule has 2 N–H and O–H groups in total. The lowest BCUT2D eigenvalue weighted by molar-refractivity contribution is -0.137. The van der Waals surface area contributed by atoms with Gasteiger partial charge in [0.1, 0.15) is 0 Å². The molecule has 0 heterocycles. The summed E-state index contributed by atoms with van der Waals surface area (Å²) < 4.78 is 0. The summed E-state index contributed by atoms with van der Waals surface area (Å²) in [7, 11) is 0. The molecule has 0 saturated carbocycles. The SMILES string of the molecule is CCCCCCCCCCCCCCCCCCCCCCCC(O)CCC(=O)O. The van der Waals surface area contributed by atoms with E-state index in [9.17, 15) is 9.90 Å². The zero-order valence-corrected chi connectivity index (χ0v) is 20.4. The summed E-state index contributed by atoms with van der Waals surface area (Å²) in [5, 5.41) is 18.3. The highest BCUT2D eigenvalue weighted by molar-refractivity contribution is 5.66. The zero-order valence-electron chi connectivity index (χ0n) is 20.4. The minimum absolute atomic E-state index is 0.0838. The van der Waals surface area contributed by atoms with E-state index in [2.05, 4.69) is 6.92 Å². The van der Waals surface area contributed by atoms with Crippen LogP contribution in [0, 0.1) is 0 Å². The van der Waals surface area contributed by atoms with Crippen molar-refractivity contribution in [1.82, 2.24) is 0 Å². The van der Waals surface area contributed by atoms with Crippen LogP contribution in [0.1, 0.15) is 161 Å². The molecule has 1 unspecified atom stereocenters. The van der Waals surface area contributed by atoms with Crippen molar-refractivity contribution >= 4 is 5.97 Å². The highest BCUT2D eigenvalue weighted by Crippen LogP contribution is 2.15. The molecule has 0 aliphatic heterocycles. The van der Waals surface area contributed by atoms with Gasteiger partial charge in [0.15, 0.2) is 0 Å². The van der Waals surface area contributed by atoms with Gasteiger partial charge in [0, 0.05) is 6.42 Å². The molecule has 0 aromatic carbocycles. The molecule has 3 nitrogen and oxygen atoms in total. The van der Waals surface area contributed by atoms with Crippen molar-refractivity contribution in [2.75, 3.05) is 0 Å². The Kier molecular flexibility index (Phi) is 24.2. The standard InChI is InChI=1S/C27H54O3/c1-2-3-4-5-6-7-8-9-10-11-12-13-14-15-16-17-18-19-20-21-22-23-26(28)24-25-27(29)30/h26,28H,2-25H2,1H3,(H,29,30). The van der Waals surface area contributed by atoms with E-state index >= 15 is 0 Å². The number of hydrogen-bond donors (Lipinski definition) is 2. The van der Waals surface area contributed by atoms with Crippen LogP contribution in [-0.4, -0.2) is 22.3 Å². The minimum atomic E-state index is -0.812. The van der Waals surface area contributed by atoms with E-state index in [0.29, 0.717) is 6.42 Å². The number of carbonyl (C=O) groups is 1. The summed E-state index contributed by atoms with van der Waals surface area (Å²) in [5.74, 6) is -0.812. The normalized spacial score (nSPS) is 12.3. The molecule has 0 amide bonds. The molecule has 30 heavy (non-hydrogen) atoms. The van der Waals surface area contributed by atoms with Crippen LogP contribution in [0.4, 0.5) is 0 Å². The Balaban J connectivity index is 3.07. The van der Waals surface area contributed by atoms with Crippen LogP contribution in [0.5, 0.6) is 0 Å². The van der Waals surface area contributed by atoms with Crippen LogP contribution in [0.2, 0.25) is 0 Å². The van der Waals surface area contributed by atoms with Gasteiger partial charge in [0.25, 0.3) is 0 Å². The summed E-state index contributed by atoms with van der Waals surface area (Å²) in [5.41, 5.74) is 0. The van der Waals surface area contributed by atoms with Crippen molar-refractivity contribution in [2.45, 2.75) is 167 Å². The van der Waals surface area contributed by atoms with Crippen LogP contribution in [-0.2, 0) is 4.79 Å². The fraction of sp³-hybridized carbons (Fsp3) is 0.963. The predicted molar refractivity (Wildman–Crippen MR) is 130 cm³/mol. The van der Waals surface area contributed by atoms with Crippen molar-refractivity contribution in [3.05, 3.63) is 0 Å². The topological polar surface area (TPSA) is 57.5 Å². The van der Waals surface area contributed by atoms with E-state index in [4.69, 9.17) is 5.11 Å². The van der Waals surface area contributed by atoms with Crippen molar-refractivity contribution in [3.8, 4) is 0 Å². The number of carboxylic acid groups (broad SMARTS) is 1. The smallest absolute Gasteiger partial charge is 0.303 e. The number of hydrogen-bond acceptors (Lipinski definition) is 2. The average Bonchev–Trinajstić information content (AvgIpc) is 2.73. The molecule has 0 aromatic heterocycles. The second-order valence-electron chi connectivity index (χ2n) is 9.45. The van der Waals surface area contributed by atoms with Gasteiger partial charge in [-0.05, 0) is 12.8 Å². The lowest BCUT2D eigenvalue weighted by Crippen LogP contribution is -2.09. The second-order valence-corrected chi connectivity index (χ2v) is 9.45. The number of aliphatic hydroxyl groups excluding tert-OH is 1. The Morgan fingerprint density at radius 1 is 0.533 bits per heavy atom. The van der Waals surface area contributed by atoms with Gasteiger partial charge in [0.2, 0.25) is 0 Å². The summed E-state index contributed by atoms with van der Waals surface area (Å²) >= 11 is 0. The molecule has 0 radical (unpaired) electrons. The quantitative estimate of drug-likeness (QED) is 0.143. The fourth-order valence-electron chi connectivity index (χ4n) is 4.25. The van der Waals surface area contributed by atoms with Crippen LogP contribution < -0.4 is 0 Å². The van der Waals surface area contributed by atoms with Crippen LogP contribution in [0.15, 0.2) is 0 Å². The highest BCUT2D eigenvalue weighted by atomic mass is 16.4. The maximum absolute atomic E-state index is 10.5. The Labute approximate surface area is 188 Å². The van der Waals surface area contributed by atoms with E-state index in [0.717, 1.165) is 12.8 Å². The van der Waals surface area contributed by atoms with Gasteiger partial charge in [0.05, 0.1) is 6.10 Å². The molecule has 0 saturated heterocycles. The third kappa shape index (κ3) is 25.5. The monoisotopic (exact) mass is 426 g/mol. The molecule has 0 rings (SSSR count). The third-order valence-corrected chi connectivity index (χ3v) is 6.33. The third-order valence-electron chi connectivity index (χ3n) is 6.33. The zero-order chi connectivity index (χ0) is 22.1. The minimum Gasteiger partial charge on any atom is -0.481 e. The van der Waals surface area contributed by atoms with Gasteiger partial charge in [-0.3, -0.25) is 4.79 Å². The maximum atomic E-state index is 10.5. The fourth-order valence-corrected chi connectivity index (χ4v) is 4.25.